The van der Waals surface area contributed by atoms with E-state index in [0.29, 0.717) is 6.54 Å². The molecule has 3 aromatic rings. The van der Waals surface area contributed by atoms with Gasteiger partial charge in [0.1, 0.15) is 0 Å². The highest BCUT2D eigenvalue weighted by Gasteiger charge is 2.06. The van der Waals surface area contributed by atoms with Crippen molar-refractivity contribution in [1.82, 2.24) is 9.55 Å². The second-order valence-electron chi connectivity index (χ2n) is 3.91. The van der Waals surface area contributed by atoms with Crippen molar-refractivity contribution in [2.75, 3.05) is 0 Å². The number of nitrogens with zero attached hydrogens (tertiary/aromatic N) is 2. The van der Waals surface area contributed by atoms with E-state index < -0.39 is 0 Å². The lowest BCUT2D eigenvalue weighted by atomic mass is 10.2. The van der Waals surface area contributed by atoms with E-state index in [9.17, 15) is 4.79 Å². The van der Waals surface area contributed by atoms with E-state index in [0.717, 1.165) is 5.56 Å². The van der Waals surface area contributed by atoms with E-state index in [2.05, 4.69) is 22.5 Å². The van der Waals surface area contributed by atoms with Crippen LogP contribution in [0.5, 0.6) is 0 Å². The molecule has 0 saturated carbocycles. The molecule has 90 valence electrons. The zero-order chi connectivity index (χ0) is 12.5. The number of fused-ring (bicyclic) bond motifs is 1. The number of benzene rings is 1. The third-order valence-corrected chi connectivity index (χ3v) is 4.05. The number of thiophene rings is 1. The van der Waals surface area contributed by atoms with Gasteiger partial charge in [0.2, 0.25) is 0 Å². The van der Waals surface area contributed by atoms with Crippen LogP contribution in [0.15, 0.2) is 46.8 Å². The van der Waals surface area contributed by atoms with Crippen molar-refractivity contribution in [1.29, 1.82) is 0 Å². The summed E-state index contributed by atoms with van der Waals surface area (Å²) in [6, 6.07) is 8.15. The van der Waals surface area contributed by atoms with Crippen molar-refractivity contribution in [3.05, 3.63) is 63.1 Å². The summed E-state index contributed by atoms with van der Waals surface area (Å²) in [7, 11) is 0. The molecule has 1 aromatic carbocycles. The normalized spacial score (nSPS) is 10.9. The summed E-state index contributed by atoms with van der Waals surface area (Å²) in [5.41, 5.74) is 0.870. The lowest BCUT2D eigenvalue weighted by Crippen LogP contribution is -2.21. The third kappa shape index (κ3) is 1.94. The van der Waals surface area contributed by atoms with Crippen LogP contribution in [-0.4, -0.2) is 9.55 Å². The van der Waals surface area contributed by atoms with Gasteiger partial charge in [-0.3, -0.25) is 4.79 Å². The first kappa shape index (κ1) is 11.4. The van der Waals surface area contributed by atoms with Gasteiger partial charge < -0.3 is 4.57 Å². The summed E-state index contributed by atoms with van der Waals surface area (Å²) in [5, 5.41) is 3.27. The standard InChI is InChI=1S/C13H9ClN2OS/c14-12-13(17)16(6-5-15-12)7-9-8-18-11-4-2-1-3-10(9)11/h1-6,8H,7H2. The molecule has 0 N–H and O–H groups in total. The minimum absolute atomic E-state index is 0.0111. The maximum atomic E-state index is 11.8. The predicted molar refractivity (Wildman–Crippen MR) is 74.4 cm³/mol. The highest BCUT2D eigenvalue weighted by molar-refractivity contribution is 7.17. The van der Waals surface area contributed by atoms with Gasteiger partial charge >= 0.3 is 0 Å². The van der Waals surface area contributed by atoms with E-state index in [-0.39, 0.29) is 10.7 Å². The zero-order valence-corrected chi connectivity index (χ0v) is 10.9. The molecule has 0 aliphatic heterocycles. The Labute approximate surface area is 112 Å². The average molecular weight is 277 g/mol. The van der Waals surface area contributed by atoms with Gasteiger partial charge in [-0.25, -0.2) is 4.98 Å². The zero-order valence-electron chi connectivity index (χ0n) is 9.34. The molecule has 5 heteroatoms. The predicted octanol–water partition coefficient (Wildman–Crippen LogP) is 3.16. The molecule has 0 bridgehead atoms. The quantitative estimate of drug-likeness (QED) is 0.721. The molecule has 2 heterocycles. The topological polar surface area (TPSA) is 34.9 Å². The van der Waals surface area contributed by atoms with Crippen LogP contribution in [-0.2, 0) is 6.54 Å². The number of hydrogen-bond acceptors (Lipinski definition) is 3. The van der Waals surface area contributed by atoms with E-state index >= 15 is 0 Å². The van der Waals surface area contributed by atoms with Crippen molar-refractivity contribution in [2.24, 2.45) is 0 Å². The third-order valence-electron chi connectivity index (χ3n) is 2.77. The van der Waals surface area contributed by atoms with E-state index in [1.54, 1.807) is 22.1 Å². The second kappa shape index (κ2) is 4.55. The highest BCUT2D eigenvalue weighted by atomic mass is 35.5. The molecule has 3 nitrogen and oxygen atoms in total. The Morgan fingerprint density at radius 2 is 2.17 bits per heavy atom. The van der Waals surface area contributed by atoms with Gasteiger partial charge in [-0.15, -0.1) is 11.3 Å². The largest absolute Gasteiger partial charge is 0.307 e. The molecular weight excluding hydrogens is 268 g/mol. The summed E-state index contributed by atoms with van der Waals surface area (Å²) in [6.07, 6.45) is 3.19. The second-order valence-corrected chi connectivity index (χ2v) is 5.18. The van der Waals surface area contributed by atoms with Crippen LogP contribution in [0.25, 0.3) is 10.1 Å². The number of hydrogen-bond donors (Lipinski definition) is 0. The molecule has 0 fully saturated rings. The fraction of sp³-hybridized carbons (Fsp3) is 0.0769. The Morgan fingerprint density at radius 1 is 1.33 bits per heavy atom. The van der Waals surface area contributed by atoms with Crippen LogP contribution >= 0.6 is 22.9 Å². The van der Waals surface area contributed by atoms with Crippen molar-refractivity contribution in [2.45, 2.75) is 6.54 Å². The number of rotatable bonds is 2. The van der Waals surface area contributed by atoms with Crippen LogP contribution in [0.3, 0.4) is 0 Å². The molecule has 0 atom stereocenters. The Bertz CT molecular complexity index is 763. The van der Waals surface area contributed by atoms with Crippen LogP contribution in [0.2, 0.25) is 5.15 Å². The molecule has 0 radical (unpaired) electrons. The molecule has 2 aromatic heterocycles. The molecule has 0 unspecified atom stereocenters. The van der Waals surface area contributed by atoms with Crippen LogP contribution in [0, 0.1) is 0 Å². The first-order valence-corrected chi connectivity index (χ1v) is 6.67. The van der Waals surface area contributed by atoms with Crippen molar-refractivity contribution < 1.29 is 0 Å². The Hall–Kier alpha value is -1.65. The van der Waals surface area contributed by atoms with Crippen molar-refractivity contribution in [3.8, 4) is 0 Å². The van der Waals surface area contributed by atoms with Crippen molar-refractivity contribution in [3.63, 3.8) is 0 Å². The summed E-state index contributed by atoms with van der Waals surface area (Å²) in [6.45, 7) is 0.519. The van der Waals surface area contributed by atoms with E-state index in [4.69, 9.17) is 11.6 Å². The molecule has 0 spiro atoms. The highest BCUT2D eigenvalue weighted by Crippen LogP contribution is 2.25. The van der Waals surface area contributed by atoms with Gasteiger partial charge in [0.05, 0.1) is 6.54 Å². The summed E-state index contributed by atoms with van der Waals surface area (Å²) in [4.78, 5) is 15.6. The van der Waals surface area contributed by atoms with Gasteiger partial charge in [-0.1, -0.05) is 29.8 Å². The Balaban J connectivity index is 2.07. The van der Waals surface area contributed by atoms with E-state index in [1.807, 2.05) is 12.1 Å². The minimum atomic E-state index is -0.255. The van der Waals surface area contributed by atoms with Crippen LogP contribution in [0.4, 0.5) is 0 Å². The smallest absolute Gasteiger partial charge is 0.288 e. The van der Waals surface area contributed by atoms with Gasteiger partial charge in [0.25, 0.3) is 5.56 Å². The Morgan fingerprint density at radius 3 is 3.06 bits per heavy atom. The summed E-state index contributed by atoms with van der Waals surface area (Å²) < 4.78 is 2.80. The molecule has 0 aliphatic carbocycles. The molecule has 0 amide bonds. The first-order chi connectivity index (χ1) is 8.75. The fourth-order valence-corrected chi connectivity index (χ4v) is 3.00. The fourth-order valence-electron chi connectivity index (χ4n) is 1.88. The average Bonchev–Trinajstić information content (AvgIpc) is 2.79. The molecule has 18 heavy (non-hydrogen) atoms. The van der Waals surface area contributed by atoms with Gasteiger partial charge in [0.15, 0.2) is 5.15 Å². The Kier molecular flexibility index (Phi) is 2.89. The SMILES string of the molecule is O=c1c(Cl)nccn1Cc1csc2ccccc12. The molecular formula is C13H9ClN2OS. The van der Waals surface area contributed by atoms with Crippen molar-refractivity contribution >= 4 is 33.0 Å². The first-order valence-electron chi connectivity index (χ1n) is 5.42. The van der Waals surface area contributed by atoms with E-state index in [1.165, 1.54) is 16.3 Å². The van der Waals surface area contributed by atoms with Gasteiger partial charge in [-0.05, 0) is 22.4 Å². The molecule has 3 rings (SSSR count). The lowest BCUT2D eigenvalue weighted by Gasteiger charge is -2.04. The molecule has 0 aliphatic rings. The van der Waals surface area contributed by atoms with Gasteiger partial charge in [-0.2, -0.15) is 0 Å². The number of halogens is 1. The number of aromatic nitrogens is 2. The maximum absolute atomic E-state index is 11.8. The monoisotopic (exact) mass is 276 g/mol. The van der Waals surface area contributed by atoms with Crippen LogP contribution < -0.4 is 5.56 Å². The van der Waals surface area contributed by atoms with Gasteiger partial charge in [0, 0.05) is 17.1 Å². The van der Waals surface area contributed by atoms with Crippen LogP contribution in [0.1, 0.15) is 5.56 Å². The molecule has 0 saturated heterocycles. The summed E-state index contributed by atoms with van der Waals surface area (Å²) >= 11 is 7.41. The lowest BCUT2D eigenvalue weighted by molar-refractivity contribution is 0.754. The minimum Gasteiger partial charge on any atom is -0.307 e. The maximum Gasteiger partial charge on any atom is 0.288 e. The summed E-state index contributed by atoms with van der Waals surface area (Å²) in [5.74, 6) is 0.